The van der Waals surface area contributed by atoms with E-state index >= 15 is 0 Å². The van der Waals surface area contributed by atoms with E-state index < -0.39 is 0 Å². The predicted octanol–water partition coefficient (Wildman–Crippen LogP) is 2.37. The average molecular weight is 361 g/mol. The zero-order chi connectivity index (χ0) is 18.5. The number of hydrogen-bond acceptors (Lipinski definition) is 4. The first-order valence-corrected chi connectivity index (χ1v) is 9.26. The molecule has 1 unspecified atom stereocenters. The Kier molecular flexibility index (Phi) is 5.25. The molecule has 0 bridgehead atoms. The molecule has 0 spiro atoms. The highest BCUT2D eigenvalue weighted by Gasteiger charge is 2.24. The van der Waals surface area contributed by atoms with Gasteiger partial charge in [-0.1, -0.05) is 42.5 Å². The summed E-state index contributed by atoms with van der Waals surface area (Å²) in [5.74, 6) is 0.604. The molecule has 27 heavy (non-hydrogen) atoms. The van der Waals surface area contributed by atoms with Gasteiger partial charge in [0.25, 0.3) is 0 Å². The van der Waals surface area contributed by atoms with Crippen molar-refractivity contribution in [1.82, 2.24) is 25.0 Å². The molecule has 2 aromatic carbocycles. The van der Waals surface area contributed by atoms with Crippen LogP contribution in [0.15, 0.2) is 67.3 Å². The third-order valence-corrected chi connectivity index (χ3v) is 5.02. The topological polar surface area (TPSA) is 63.1 Å². The van der Waals surface area contributed by atoms with Crippen molar-refractivity contribution in [2.24, 2.45) is 0 Å². The van der Waals surface area contributed by atoms with Gasteiger partial charge in [0.1, 0.15) is 12.7 Å². The fourth-order valence-electron chi connectivity index (χ4n) is 3.54. The zero-order valence-electron chi connectivity index (χ0n) is 15.2. The van der Waals surface area contributed by atoms with Crippen molar-refractivity contribution in [3.63, 3.8) is 0 Å². The Bertz CT molecular complexity index is 861. The summed E-state index contributed by atoms with van der Waals surface area (Å²) in [6.07, 6.45) is 4.28. The summed E-state index contributed by atoms with van der Waals surface area (Å²) in [7, 11) is 0. The maximum atomic E-state index is 12.3. The fourth-order valence-corrected chi connectivity index (χ4v) is 3.54. The van der Waals surface area contributed by atoms with E-state index in [1.165, 1.54) is 11.9 Å². The van der Waals surface area contributed by atoms with E-state index in [4.69, 9.17) is 0 Å². The summed E-state index contributed by atoms with van der Waals surface area (Å²) in [4.78, 5) is 18.5. The molecule has 1 aromatic heterocycles. The number of carbonyl (C=O) groups excluding carboxylic acids is 1. The van der Waals surface area contributed by atoms with Gasteiger partial charge in [0.05, 0.1) is 12.2 Å². The van der Waals surface area contributed by atoms with Crippen molar-refractivity contribution in [2.75, 3.05) is 19.6 Å². The first-order valence-electron chi connectivity index (χ1n) is 9.26. The van der Waals surface area contributed by atoms with Crippen molar-refractivity contribution in [3.8, 4) is 5.69 Å². The van der Waals surface area contributed by atoms with Gasteiger partial charge < -0.3 is 5.32 Å². The summed E-state index contributed by atoms with van der Waals surface area (Å²) in [6.45, 7) is 2.91. The van der Waals surface area contributed by atoms with Crippen molar-refractivity contribution in [1.29, 1.82) is 0 Å². The molecule has 138 valence electrons. The molecule has 0 radical (unpaired) electrons. The standard InChI is InChI=1S/C21H23N5O/c27-21(14-25-11-10-19(13-25)18-4-2-1-3-5-18)23-12-17-6-8-20(9-7-17)26-16-22-15-24-26/h1-9,15-16,19H,10-14H2,(H,23,27). The monoisotopic (exact) mass is 361 g/mol. The minimum atomic E-state index is 0.0732. The van der Waals surface area contributed by atoms with Crippen LogP contribution in [-0.2, 0) is 11.3 Å². The zero-order valence-corrected chi connectivity index (χ0v) is 15.2. The SMILES string of the molecule is O=C(CN1CCC(c2ccccc2)C1)NCc1ccc(-n2cncn2)cc1. The van der Waals surface area contributed by atoms with Crippen LogP contribution in [0.1, 0.15) is 23.5 Å². The molecule has 6 heteroatoms. The van der Waals surface area contributed by atoms with Crippen LogP contribution in [0.4, 0.5) is 0 Å². The molecule has 2 heterocycles. The smallest absolute Gasteiger partial charge is 0.234 e. The van der Waals surface area contributed by atoms with E-state index in [1.54, 1.807) is 11.0 Å². The lowest BCUT2D eigenvalue weighted by Crippen LogP contribution is -2.35. The normalized spacial score (nSPS) is 17.1. The summed E-state index contributed by atoms with van der Waals surface area (Å²) >= 11 is 0. The number of hydrogen-bond donors (Lipinski definition) is 1. The van der Waals surface area contributed by atoms with Crippen LogP contribution in [0.2, 0.25) is 0 Å². The number of carbonyl (C=O) groups is 1. The number of benzene rings is 2. The minimum Gasteiger partial charge on any atom is -0.351 e. The van der Waals surface area contributed by atoms with Gasteiger partial charge in [-0.3, -0.25) is 9.69 Å². The molecular formula is C21H23N5O. The second-order valence-corrected chi connectivity index (χ2v) is 6.91. The van der Waals surface area contributed by atoms with Crippen molar-refractivity contribution in [2.45, 2.75) is 18.9 Å². The van der Waals surface area contributed by atoms with Crippen LogP contribution in [0.5, 0.6) is 0 Å². The molecule has 6 nitrogen and oxygen atoms in total. The van der Waals surface area contributed by atoms with Gasteiger partial charge in [0.2, 0.25) is 5.91 Å². The summed E-state index contributed by atoms with van der Waals surface area (Å²) in [5.41, 5.74) is 3.38. The number of nitrogens with zero attached hydrogens (tertiary/aromatic N) is 4. The molecule has 1 saturated heterocycles. The Hall–Kier alpha value is -2.99. The number of likely N-dealkylation sites (tertiary alicyclic amines) is 1. The van der Waals surface area contributed by atoms with Crippen LogP contribution < -0.4 is 5.32 Å². The van der Waals surface area contributed by atoms with Gasteiger partial charge in [-0.25, -0.2) is 9.67 Å². The quantitative estimate of drug-likeness (QED) is 0.732. The lowest BCUT2D eigenvalue weighted by atomic mass is 9.99. The molecular weight excluding hydrogens is 338 g/mol. The fraction of sp³-hybridized carbons (Fsp3) is 0.286. The van der Waals surface area contributed by atoms with E-state index in [2.05, 4.69) is 44.6 Å². The van der Waals surface area contributed by atoms with Crippen LogP contribution >= 0.6 is 0 Å². The van der Waals surface area contributed by atoms with E-state index in [0.29, 0.717) is 19.0 Å². The van der Waals surface area contributed by atoms with Gasteiger partial charge in [0, 0.05) is 13.1 Å². The van der Waals surface area contributed by atoms with Crippen LogP contribution in [-0.4, -0.2) is 45.2 Å². The number of nitrogens with one attached hydrogen (secondary N) is 1. The largest absolute Gasteiger partial charge is 0.351 e. The lowest BCUT2D eigenvalue weighted by molar-refractivity contribution is -0.122. The van der Waals surface area contributed by atoms with Gasteiger partial charge in [0.15, 0.2) is 0 Å². The van der Waals surface area contributed by atoms with Gasteiger partial charge in [-0.2, -0.15) is 5.10 Å². The molecule has 1 aliphatic rings. The highest BCUT2D eigenvalue weighted by Crippen LogP contribution is 2.26. The Labute approximate surface area is 158 Å². The van der Waals surface area contributed by atoms with Crippen molar-refractivity contribution < 1.29 is 4.79 Å². The van der Waals surface area contributed by atoms with Gasteiger partial charge >= 0.3 is 0 Å². The van der Waals surface area contributed by atoms with Crippen LogP contribution in [0.3, 0.4) is 0 Å². The van der Waals surface area contributed by atoms with E-state index in [0.717, 1.165) is 30.8 Å². The Morgan fingerprint density at radius 2 is 1.93 bits per heavy atom. The van der Waals surface area contributed by atoms with Gasteiger partial charge in [-0.05, 0) is 42.1 Å². The number of aromatic nitrogens is 3. The molecule has 1 atom stereocenters. The van der Waals surface area contributed by atoms with E-state index in [1.807, 2.05) is 30.3 Å². The van der Waals surface area contributed by atoms with Crippen LogP contribution in [0, 0.1) is 0 Å². The Morgan fingerprint density at radius 1 is 1.11 bits per heavy atom. The maximum absolute atomic E-state index is 12.3. The summed E-state index contributed by atoms with van der Waals surface area (Å²) in [5, 5.41) is 7.13. The van der Waals surface area contributed by atoms with E-state index in [-0.39, 0.29) is 5.91 Å². The molecule has 0 aliphatic carbocycles. The molecule has 1 fully saturated rings. The first-order chi connectivity index (χ1) is 13.3. The molecule has 4 rings (SSSR count). The maximum Gasteiger partial charge on any atom is 0.234 e. The molecule has 1 aliphatic heterocycles. The minimum absolute atomic E-state index is 0.0732. The third-order valence-electron chi connectivity index (χ3n) is 5.02. The highest BCUT2D eigenvalue weighted by atomic mass is 16.2. The molecule has 1 amide bonds. The van der Waals surface area contributed by atoms with Crippen LogP contribution in [0.25, 0.3) is 5.69 Å². The highest BCUT2D eigenvalue weighted by molar-refractivity contribution is 5.78. The third kappa shape index (κ3) is 4.41. The first kappa shape index (κ1) is 17.4. The average Bonchev–Trinajstić information content (AvgIpc) is 3.40. The molecule has 0 saturated carbocycles. The second-order valence-electron chi connectivity index (χ2n) is 6.91. The number of amides is 1. The lowest BCUT2D eigenvalue weighted by Gasteiger charge is -2.16. The summed E-state index contributed by atoms with van der Waals surface area (Å²) < 4.78 is 1.71. The second kappa shape index (κ2) is 8.14. The summed E-state index contributed by atoms with van der Waals surface area (Å²) in [6, 6.07) is 18.5. The van der Waals surface area contributed by atoms with Gasteiger partial charge in [-0.15, -0.1) is 0 Å². The molecule has 1 N–H and O–H groups in total. The Morgan fingerprint density at radius 3 is 2.67 bits per heavy atom. The van der Waals surface area contributed by atoms with Crippen molar-refractivity contribution in [3.05, 3.63) is 78.4 Å². The predicted molar refractivity (Wildman–Crippen MR) is 103 cm³/mol. The van der Waals surface area contributed by atoms with E-state index in [9.17, 15) is 4.79 Å². The number of rotatable bonds is 6. The Balaban J connectivity index is 1.24. The molecule has 3 aromatic rings. The van der Waals surface area contributed by atoms with Crippen molar-refractivity contribution >= 4 is 5.91 Å².